The van der Waals surface area contributed by atoms with Gasteiger partial charge in [0.05, 0.1) is 4.47 Å². The molecule has 2 heterocycles. The van der Waals surface area contributed by atoms with Gasteiger partial charge in [0.1, 0.15) is 12.1 Å². The summed E-state index contributed by atoms with van der Waals surface area (Å²) in [4.78, 5) is 25.4. The van der Waals surface area contributed by atoms with Crippen molar-refractivity contribution in [3.8, 4) is 5.75 Å². The Kier molecular flexibility index (Phi) is 4.28. The highest BCUT2D eigenvalue weighted by Crippen LogP contribution is 2.26. The Bertz CT molecular complexity index is 719. The molecule has 1 N–H and O–H groups in total. The van der Waals surface area contributed by atoms with Crippen LogP contribution in [-0.4, -0.2) is 38.8 Å². The third-order valence-corrected chi connectivity index (χ3v) is 4.38. The molecule has 1 aromatic heterocycles. The van der Waals surface area contributed by atoms with Crippen molar-refractivity contribution >= 4 is 22.0 Å². The van der Waals surface area contributed by atoms with E-state index >= 15 is 0 Å². The molecule has 1 saturated heterocycles. The SMILES string of the molecule is O=C(Oc1ccccc1Br)N1CCC(n2cn[nH]c2=O)CC1. The van der Waals surface area contributed by atoms with Crippen LogP contribution in [0.25, 0.3) is 0 Å². The van der Waals surface area contributed by atoms with Crippen molar-refractivity contribution in [1.29, 1.82) is 0 Å². The normalized spacial score (nSPS) is 15.8. The van der Waals surface area contributed by atoms with Crippen LogP contribution in [0.3, 0.4) is 0 Å². The van der Waals surface area contributed by atoms with Crippen molar-refractivity contribution < 1.29 is 9.53 Å². The first-order chi connectivity index (χ1) is 10.6. The summed E-state index contributed by atoms with van der Waals surface area (Å²) >= 11 is 3.35. The molecule has 2 aromatic rings. The Balaban J connectivity index is 1.59. The van der Waals surface area contributed by atoms with E-state index in [-0.39, 0.29) is 17.8 Å². The van der Waals surface area contributed by atoms with Gasteiger partial charge in [-0.15, -0.1) is 0 Å². The van der Waals surface area contributed by atoms with Crippen molar-refractivity contribution in [2.24, 2.45) is 0 Å². The highest BCUT2D eigenvalue weighted by Gasteiger charge is 2.26. The smallest absolute Gasteiger partial charge is 0.409 e. The fraction of sp³-hybridized carbons (Fsp3) is 0.357. The van der Waals surface area contributed by atoms with Crippen LogP contribution in [-0.2, 0) is 0 Å². The first-order valence-electron chi connectivity index (χ1n) is 6.98. The van der Waals surface area contributed by atoms with Gasteiger partial charge in [0.2, 0.25) is 0 Å². The molecule has 3 rings (SSSR count). The minimum Gasteiger partial charge on any atom is -0.409 e. The maximum Gasteiger partial charge on any atom is 0.415 e. The maximum atomic E-state index is 12.2. The van der Waals surface area contributed by atoms with E-state index in [0.717, 1.165) is 4.47 Å². The van der Waals surface area contributed by atoms with E-state index in [1.807, 2.05) is 18.2 Å². The topological polar surface area (TPSA) is 80.2 Å². The highest BCUT2D eigenvalue weighted by molar-refractivity contribution is 9.10. The van der Waals surface area contributed by atoms with Crippen molar-refractivity contribution in [2.45, 2.75) is 18.9 Å². The number of carbonyl (C=O) groups excluding carboxylic acids is 1. The minimum absolute atomic E-state index is 0.0683. The van der Waals surface area contributed by atoms with Crippen LogP contribution < -0.4 is 10.4 Å². The van der Waals surface area contributed by atoms with E-state index in [0.29, 0.717) is 31.7 Å². The second kappa shape index (κ2) is 6.35. The van der Waals surface area contributed by atoms with Crippen LogP contribution in [0, 0.1) is 0 Å². The van der Waals surface area contributed by atoms with E-state index in [9.17, 15) is 9.59 Å². The van der Waals surface area contributed by atoms with Crippen LogP contribution >= 0.6 is 15.9 Å². The number of nitrogens with one attached hydrogen (secondary N) is 1. The predicted molar refractivity (Wildman–Crippen MR) is 82.9 cm³/mol. The van der Waals surface area contributed by atoms with E-state index < -0.39 is 0 Å². The molecule has 1 aliphatic rings. The first kappa shape index (κ1) is 14.8. The number of H-pyrrole nitrogens is 1. The van der Waals surface area contributed by atoms with Crippen molar-refractivity contribution in [3.05, 3.63) is 45.5 Å². The molecular formula is C14H15BrN4O3. The Labute approximate surface area is 135 Å². The van der Waals surface area contributed by atoms with Crippen molar-refractivity contribution in [2.75, 3.05) is 13.1 Å². The lowest BCUT2D eigenvalue weighted by Gasteiger charge is -2.31. The summed E-state index contributed by atoms with van der Waals surface area (Å²) in [6.45, 7) is 1.09. The molecule has 0 radical (unpaired) electrons. The zero-order valence-corrected chi connectivity index (χ0v) is 13.3. The number of amides is 1. The standard InChI is InChI=1S/C14H15BrN4O3/c15-11-3-1-2-4-12(11)22-14(21)18-7-5-10(6-8-18)19-9-16-17-13(19)20/h1-4,9-10H,5-8H2,(H,17,20). The van der Waals surface area contributed by atoms with E-state index in [4.69, 9.17) is 4.74 Å². The lowest BCUT2D eigenvalue weighted by Crippen LogP contribution is -2.41. The number of likely N-dealkylation sites (tertiary alicyclic amines) is 1. The fourth-order valence-electron chi connectivity index (χ4n) is 2.53. The number of aromatic amines is 1. The minimum atomic E-state index is -0.370. The molecule has 0 aliphatic carbocycles. The Morgan fingerprint density at radius 2 is 2.05 bits per heavy atom. The van der Waals surface area contributed by atoms with Gasteiger partial charge in [0.15, 0.2) is 0 Å². The number of halogens is 1. The van der Waals surface area contributed by atoms with Gasteiger partial charge in [-0.3, -0.25) is 4.57 Å². The number of para-hydroxylation sites is 1. The molecule has 116 valence electrons. The summed E-state index contributed by atoms with van der Waals surface area (Å²) in [6.07, 6.45) is 2.53. The molecule has 1 fully saturated rings. The second-order valence-corrected chi connectivity index (χ2v) is 5.94. The third kappa shape index (κ3) is 3.06. The average Bonchev–Trinajstić information content (AvgIpc) is 2.96. The lowest BCUT2D eigenvalue weighted by molar-refractivity contribution is 0.131. The van der Waals surface area contributed by atoms with Gasteiger partial charge in [-0.25, -0.2) is 14.7 Å². The molecular weight excluding hydrogens is 352 g/mol. The number of ether oxygens (including phenoxy) is 1. The van der Waals surface area contributed by atoms with Crippen molar-refractivity contribution in [1.82, 2.24) is 19.7 Å². The largest absolute Gasteiger partial charge is 0.415 e. The van der Waals surface area contributed by atoms with E-state index in [1.54, 1.807) is 15.5 Å². The monoisotopic (exact) mass is 366 g/mol. The lowest BCUT2D eigenvalue weighted by atomic mass is 10.1. The number of nitrogens with zero attached hydrogens (tertiary/aromatic N) is 3. The molecule has 0 unspecified atom stereocenters. The van der Waals surface area contributed by atoms with Gasteiger partial charge in [0.25, 0.3) is 0 Å². The van der Waals surface area contributed by atoms with Gasteiger partial charge in [0, 0.05) is 19.1 Å². The Morgan fingerprint density at radius 1 is 1.32 bits per heavy atom. The van der Waals surface area contributed by atoms with E-state index in [2.05, 4.69) is 26.1 Å². The maximum absolute atomic E-state index is 12.2. The average molecular weight is 367 g/mol. The summed E-state index contributed by atoms with van der Waals surface area (Å²) in [5.41, 5.74) is -0.214. The van der Waals surface area contributed by atoms with Gasteiger partial charge in [-0.1, -0.05) is 12.1 Å². The Hall–Kier alpha value is -2.09. The van der Waals surface area contributed by atoms with Crippen LogP contribution in [0.4, 0.5) is 4.79 Å². The molecule has 1 amide bonds. The number of rotatable bonds is 2. The fourth-order valence-corrected chi connectivity index (χ4v) is 2.89. The number of hydrogen-bond donors (Lipinski definition) is 1. The van der Waals surface area contributed by atoms with Crippen LogP contribution in [0.1, 0.15) is 18.9 Å². The van der Waals surface area contributed by atoms with Gasteiger partial charge in [-0.05, 0) is 40.9 Å². The van der Waals surface area contributed by atoms with Crippen LogP contribution in [0.2, 0.25) is 0 Å². The molecule has 8 heteroatoms. The predicted octanol–water partition coefficient (Wildman–Crippen LogP) is 2.17. The second-order valence-electron chi connectivity index (χ2n) is 5.09. The zero-order valence-electron chi connectivity index (χ0n) is 11.7. The molecule has 7 nitrogen and oxygen atoms in total. The van der Waals surface area contributed by atoms with Crippen molar-refractivity contribution in [3.63, 3.8) is 0 Å². The zero-order chi connectivity index (χ0) is 15.5. The van der Waals surface area contributed by atoms with E-state index in [1.165, 1.54) is 6.33 Å². The highest BCUT2D eigenvalue weighted by atomic mass is 79.9. The molecule has 0 saturated carbocycles. The van der Waals surface area contributed by atoms with Gasteiger partial charge < -0.3 is 9.64 Å². The quantitative estimate of drug-likeness (QED) is 0.882. The number of carbonyl (C=O) groups is 1. The number of benzene rings is 1. The molecule has 1 aliphatic heterocycles. The van der Waals surface area contributed by atoms with Gasteiger partial charge in [-0.2, -0.15) is 5.10 Å². The molecule has 0 atom stereocenters. The van der Waals surface area contributed by atoms with Gasteiger partial charge >= 0.3 is 11.8 Å². The summed E-state index contributed by atoms with van der Waals surface area (Å²) in [6, 6.07) is 7.29. The number of piperidine rings is 1. The Morgan fingerprint density at radius 3 is 2.68 bits per heavy atom. The summed E-state index contributed by atoms with van der Waals surface area (Å²) in [5.74, 6) is 0.501. The third-order valence-electron chi connectivity index (χ3n) is 3.73. The molecule has 22 heavy (non-hydrogen) atoms. The molecule has 1 aromatic carbocycles. The summed E-state index contributed by atoms with van der Waals surface area (Å²) in [7, 11) is 0. The molecule has 0 spiro atoms. The first-order valence-corrected chi connectivity index (χ1v) is 7.77. The summed E-state index contributed by atoms with van der Waals surface area (Å²) < 4.78 is 7.71. The molecule has 0 bridgehead atoms. The van der Waals surface area contributed by atoms with Crippen LogP contribution in [0.15, 0.2) is 39.9 Å². The summed E-state index contributed by atoms with van der Waals surface area (Å²) in [5, 5.41) is 6.12. The number of aromatic nitrogens is 3. The van der Waals surface area contributed by atoms with Crippen LogP contribution in [0.5, 0.6) is 5.75 Å². The number of hydrogen-bond acceptors (Lipinski definition) is 4.